The van der Waals surface area contributed by atoms with Gasteiger partial charge in [0.15, 0.2) is 0 Å². The van der Waals surface area contributed by atoms with Gasteiger partial charge >= 0.3 is 0 Å². The zero-order valence-corrected chi connectivity index (χ0v) is 13.5. The molecule has 1 aliphatic carbocycles. The Bertz CT molecular complexity index is 600. The van der Waals surface area contributed by atoms with Gasteiger partial charge in [-0.25, -0.2) is 0 Å². The Morgan fingerprint density at radius 3 is 2.17 bits per heavy atom. The number of carbonyl (C=O) groups is 3. The molecule has 23 heavy (non-hydrogen) atoms. The van der Waals surface area contributed by atoms with E-state index in [9.17, 15) is 14.4 Å². The van der Waals surface area contributed by atoms with Crippen LogP contribution in [0, 0.1) is 0 Å². The Morgan fingerprint density at radius 1 is 1.09 bits per heavy atom. The van der Waals surface area contributed by atoms with E-state index < -0.39 is 0 Å². The number of imide groups is 1. The highest BCUT2D eigenvalue weighted by Gasteiger charge is 2.37. The lowest BCUT2D eigenvalue weighted by Gasteiger charge is -2.34. The second-order valence-electron chi connectivity index (χ2n) is 6.21. The monoisotopic (exact) mass is 314 g/mol. The molecular formula is C18H22N2O3. The first-order valence-corrected chi connectivity index (χ1v) is 8.38. The van der Waals surface area contributed by atoms with Crippen molar-refractivity contribution in [3.8, 4) is 0 Å². The lowest BCUT2D eigenvalue weighted by Crippen LogP contribution is -2.47. The number of nitrogens with zero attached hydrogens (tertiary/aromatic N) is 2. The lowest BCUT2D eigenvalue weighted by atomic mass is 9.94. The van der Waals surface area contributed by atoms with E-state index in [2.05, 4.69) is 0 Å². The maximum Gasteiger partial charge on any atom is 0.262 e. The molecular weight excluding hydrogens is 292 g/mol. The first-order valence-electron chi connectivity index (χ1n) is 8.38. The summed E-state index contributed by atoms with van der Waals surface area (Å²) in [4.78, 5) is 40.3. The van der Waals surface area contributed by atoms with Gasteiger partial charge in [0, 0.05) is 12.6 Å². The van der Waals surface area contributed by atoms with E-state index in [4.69, 9.17) is 0 Å². The Balaban J connectivity index is 1.72. The zero-order valence-electron chi connectivity index (χ0n) is 13.5. The van der Waals surface area contributed by atoms with Crippen LogP contribution in [0.4, 0.5) is 0 Å². The summed E-state index contributed by atoms with van der Waals surface area (Å²) in [6.07, 6.45) is 5.53. The molecule has 1 heterocycles. The summed E-state index contributed by atoms with van der Waals surface area (Å²) in [6, 6.07) is 6.99. The topological polar surface area (TPSA) is 57.7 Å². The molecule has 1 fully saturated rings. The van der Waals surface area contributed by atoms with E-state index in [0.29, 0.717) is 17.7 Å². The molecule has 3 amide bonds. The minimum absolute atomic E-state index is 0.131. The maximum atomic E-state index is 12.7. The molecule has 0 radical (unpaired) electrons. The molecule has 0 bridgehead atoms. The normalized spacial score (nSPS) is 18.2. The number of likely N-dealkylation sites (N-methyl/N-ethyl adjacent to an activating group) is 1. The van der Waals surface area contributed by atoms with Crippen molar-refractivity contribution in [1.29, 1.82) is 0 Å². The minimum atomic E-state index is -0.362. The Hall–Kier alpha value is -2.17. The van der Waals surface area contributed by atoms with Gasteiger partial charge in [-0.3, -0.25) is 19.3 Å². The van der Waals surface area contributed by atoms with Crippen LogP contribution in [0.1, 0.15) is 59.7 Å². The third-order valence-corrected chi connectivity index (χ3v) is 4.85. The zero-order chi connectivity index (χ0) is 16.4. The van der Waals surface area contributed by atoms with Crippen molar-refractivity contribution >= 4 is 17.7 Å². The van der Waals surface area contributed by atoms with Gasteiger partial charge in [0.25, 0.3) is 11.8 Å². The number of hydrogen-bond acceptors (Lipinski definition) is 3. The van der Waals surface area contributed by atoms with Crippen LogP contribution in [0.5, 0.6) is 0 Å². The van der Waals surface area contributed by atoms with Crippen LogP contribution in [0.25, 0.3) is 0 Å². The van der Waals surface area contributed by atoms with Gasteiger partial charge in [-0.05, 0) is 31.9 Å². The molecule has 5 heteroatoms. The third kappa shape index (κ3) is 2.87. The molecule has 1 saturated carbocycles. The van der Waals surface area contributed by atoms with Gasteiger partial charge < -0.3 is 4.90 Å². The summed E-state index contributed by atoms with van der Waals surface area (Å²) >= 11 is 0. The number of benzene rings is 1. The quantitative estimate of drug-likeness (QED) is 0.802. The van der Waals surface area contributed by atoms with Gasteiger partial charge in [0.1, 0.15) is 6.54 Å². The van der Waals surface area contributed by atoms with Gasteiger partial charge in [0.2, 0.25) is 5.91 Å². The molecule has 0 spiro atoms. The van der Waals surface area contributed by atoms with E-state index >= 15 is 0 Å². The Morgan fingerprint density at radius 2 is 1.65 bits per heavy atom. The van der Waals surface area contributed by atoms with E-state index in [1.165, 1.54) is 6.42 Å². The third-order valence-electron chi connectivity index (χ3n) is 4.85. The summed E-state index contributed by atoms with van der Waals surface area (Å²) in [7, 11) is 0. The number of carbonyl (C=O) groups excluding carboxylic acids is 3. The summed E-state index contributed by atoms with van der Waals surface area (Å²) in [5.74, 6) is -0.855. The molecule has 3 rings (SSSR count). The number of hydrogen-bond donors (Lipinski definition) is 0. The number of amides is 3. The Kier molecular flexibility index (Phi) is 4.46. The SMILES string of the molecule is CCN(C(=O)CN1C(=O)c2ccccc2C1=O)C1CCCCC1. The first-order chi connectivity index (χ1) is 11.1. The smallest absolute Gasteiger partial charge is 0.262 e. The molecule has 1 aromatic rings. The van der Waals surface area contributed by atoms with E-state index in [1.807, 2.05) is 11.8 Å². The van der Waals surface area contributed by atoms with Crippen LogP contribution in [0.15, 0.2) is 24.3 Å². The van der Waals surface area contributed by atoms with Gasteiger partial charge in [0.05, 0.1) is 11.1 Å². The number of fused-ring (bicyclic) bond motifs is 1. The van der Waals surface area contributed by atoms with Gasteiger partial charge in [-0.15, -0.1) is 0 Å². The van der Waals surface area contributed by atoms with Crippen LogP contribution in [0.2, 0.25) is 0 Å². The van der Waals surface area contributed by atoms with E-state index in [1.54, 1.807) is 24.3 Å². The van der Waals surface area contributed by atoms with Gasteiger partial charge in [-0.2, -0.15) is 0 Å². The lowest BCUT2D eigenvalue weighted by molar-refractivity contribution is -0.134. The van der Waals surface area contributed by atoms with Crippen molar-refractivity contribution in [3.63, 3.8) is 0 Å². The van der Waals surface area contributed by atoms with Crippen molar-refractivity contribution in [2.24, 2.45) is 0 Å². The van der Waals surface area contributed by atoms with Crippen LogP contribution in [0.3, 0.4) is 0 Å². The highest BCUT2D eigenvalue weighted by atomic mass is 16.2. The molecule has 0 saturated heterocycles. The molecule has 122 valence electrons. The summed E-state index contributed by atoms with van der Waals surface area (Å²) in [5.41, 5.74) is 0.789. The minimum Gasteiger partial charge on any atom is -0.338 e. The first kappa shape index (κ1) is 15.7. The fourth-order valence-electron chi connectivity index (χ4n) is 3.64. The molecule has 5 nitrogen and oxygen atoms in total. The summed E-state index contributed by atoms with van der Waals surface area (Å²) < 4.78 is 0. The van der Waals surface area contributed by atoms with Crippen molar-refractivity contribution in [3.05, 3.63) is 35.4 Å². The van der Waals surface area contributed by atoms with Crippen LogP contribution in [-0.4, -0.2) is 46.7 Å². The molecule has 0 N–H and O–H groups in total. The second-order valence-corrected chi connectivity index (χ2v) is 6.21. The Labute approximate surface area is 136 Å². The predicted molar refractivity (Wildman–Crippen MR) is 86.1 cm³/mol. The van der Waals surface area contributed by atoms with Crippen molar-refractivity contribution in [1.82, 2.24) is 9.80 Å². The highest BCUT2D eigenvalue weighted by Crippen LogP contribution is 2.25. The van der Waals surface area contributed by atoms with Crippen LogP contribution >= 0.6 is 0 Å². The molecule has 0 atom stereocenters. The molecule has 1 aromatic carbocycles. The second kappa shape index (κ2) is 6.52. The van der Waals surface area contributed by atoms with Crippen LogP contribution < -0.4 is 0 Å². The summed E-state index contributed by atoms with van der Waals surface area (Å²) in [5, 5.41) is 0. The van der Waals surface area contributed by atoms with Crippen LogP contribution in [-0.2, 0) is 4.79 Å². The standard InChI is InChI=1S/C18H22N2O3/c1-2-19(13-8-4-3-5-9-13)16(21)12-20-17(22)14-10-6-7-11-15(14)18(20)23/h6-7,10-11,13H,2-5,8-9,12H2,1H3. The fourth-order valence-corrected chi connectivity index (χ4v) is 3.64. The summed E-state index contributed by atoms with van der Waals surface area (Å²) in [6.45, 7) is 2.41. The van der Waals surface area contributed by atoms with Crippen molar-refractivity contribution in [2.75, 3.05) is 13.1 Å². The largest absolute Gasteiger partial charge is 0.338 e. The average Bonchev–Trinajstić information content (AvgIpc) is 2.82. The molecule has 0 aromatic heterocycles. The maximum absolute atomic E-state index is 12.7. The molecule has 0 unspecified atom stereocenters. The molecule has 1 aliphatic heterocycles. The van der Waals surface area contributed by atoms with Gasteiger partial charge in [-0.1, -0.05) is 31.4 Å². The van der Waals surface area contributed by atoms with Crippen molar-refractivity contribution < 1.29 is 14.4 Å². The number of rotatable bonds is 4. The average molecular weight is 314 g/mol. The van der Waals surface area contributed by atoms with Crippen molar-refractivity contribution in [2.45, 2.75) is 45.1 Å². The molecule has 2 aliphatic rings. The van der Waals surface area contributed by atoms with E-state index in [0.717, 1.165) is 30.6 Å². The van der Waals surface area contributed by atoms with E-state index in [-0.39, 0.29) is 30.3 Å². The predicted octanol–water partition coefficient (Wildman–Crippen LogP) is 2.46. The highest BCUT2D eigenvalue weighted by molar-refractivity contribution is 6.22. The fraction of sp³-hybridized carbons (Fsp3) is 0.500.